The molecule has 0 aliphatic rings. The van der Waals surface area contributed by atoms with Crippen molar-refractivity contribution in [2.75, 3.05) is 17.2 Å². The highest BCUT2D eigenvalue weighted by Gasteiger charge is 2.09. The first kappa shape index (κ1) is 14.8. The van der Waals surface area contributed by atoms with Crippen molar-refractivity contribution in [2.45, 2.75) is 20.4 Å². The smallest absolute Gasteiger partial charge is 0.147 e. The Bertz CT molecular complexity index is 586. The number of rotatable bonds is 5. The highest BCUT2D eigenvalue weighted by molar-refractivity contribution is 6.37. The molecule has 0 spiro atoms. The molecule has 2 aromatic heterocycles. The van der Waals surface area contributed by atoms with Gasteiger partial charge in [0.05, 0.1) is 34.2 Å². The minimum Gasteiger partial charge on any atom is -0.369 e. The van der Waals surface area contributed by atoms with Crippen LogP contribution in [0.25, 0.3) is 0 Å². The number of hydrogen-bond donors (Lipinski definition) is 2. The lowest BCUT2D eigenvalue weighted by molar-refractivity contribution is 0.976. The third kappa shape index (κ3) is 3.71. The Labute approximate surface area is 127 Å². The molecular formula is C13H15Cl2N5. The van der Waals surface area contributed by atoms with Gasteiger partial charge in [-0.2, -0.15) is 0 Å². The SMILES string of the molecule is CCNc1nc(NCc2cnc(C)cn2)c(Cl)cc1Cl. The second-order valence-electron chi connectivity index (χ2n) is 4.18. The van der Waals surface area contributed by atoms with E-state index in [1.165, 1.54) is 0 Å². The molecule has 0 aliphatic carbocycles. The van der Waals surface area contributed by atoms with Crippen LogP contribution in [0.15, 0.2) is 18.5 Å². The van der Waals surface area contributed by atoms with E-state index in [1.807, 2.05) is 13.8 Å². The predicted molar refractivity (Wildman–Crippen MR) is 82.5 cm³/mol. The topological polar surface area (TPSA) is 62.7 Å². The van der Waals surface area contributed by atoms with Crippen LogP contribution in [0.1, 0.15) is 18.3 Å². The van der Waals surface area contributed by atoms with Crippen LogP contribution in [-0.2, 0) is 6.54 Å². The van der Waals surface area contributed by atoms with Crippen molar-refractivity contribution in [3.8, 4) is 0 Å². The van der Waals surface area contributed by atoms with E-state index in [-0.39, 0.29) is 0 Å². The molecule has 0 amide bonds. The van der Waals surface area contributed by atoms with Crippen LogP contribution in [0.5, 0.6) is 0 Å². The summed E-state index contributed by atoms with van der Waals surface area (Å²) in [6.07, 6.45) is 3.44. The molecule has 0 aliphatic heterocycles. The van der Waals surface area contributed by atoms with Gasteiger partial charge in [0, 0.05) is 12.7 Å². The summed E-state index contributed by atoms with van der Waals surface area (Å²) in [5, 5.41) is 7.18. The van der Waals surface area contributed by atoms with Crippen LogP contribution in [-0.4, -0.2) is 21.5 Å². The monoisotopic (exact) mass is 311 g/mol. The molecule has 0 saturated carbocycles. The van der Waals surface area contributed by atoms with Gasteiger partial charge in [0.15, 0.2) is 0 Å². The van der Waals surface area contributed by atoms with Crippen LogP contribution >= 0.6 is 23.2 Å². The van der Waals surface area contributed by atoms with Gasteiger partial charge in [-0.05, 0) is 19.9 Å². The third-order valence-electron chi connectivity index (χ3n) is 2.55. The Balaban J connectivity index is 2.12. The van der Waals surface area contributed by atoms with E-state index in [0.717, 1.165) is 17.9 Å². The number of nitrogens with one attached hydrogen (secondary N) is 2. The molecule has 2 N–H and O–H groups in total. The van der Waals surface area contributed by atoms with Crippen LogP contribution in [0.2, 0.25) is 10.0 Å². The number of hydrogen-bond acceptors (Lipinski definition) is 5. The molecule has 0 radical (unpaired) electrons. The lowest BCUT2D eigenvalue weighted by Gasteiger charge is -2.11. The fourth-order valence-corrected chi connectivity index (χ4v) is 2.06. The first-order chi connectivity index (χ1) is 9.60. The van der Waals surface area contributed by atoms with Gasteiger partial charge in [-0.15, -0.1) is 0 Å². The summed E-state index contributed by atoms with van der Waals surface area (Å²) in [7, 11) is 0. The van der Waals surface area contributed by atoms with Crippen molar-refractivity contribution < 1.29 is 0 Å². The van der Waals surface area contributed by atoms with Gasteiger partial charge in [-0.1, -0.05) is 23.2 Å². The van der Waals surface area contributed by atoms with Crippen molar-refractivity contribution in [1.82, 2.24) is 15.0 Å². The van der Waals surface area contributed by atoms with E-state index in [0.29, 0.717) is 28.2 Å². The molecule has 7 heteroatoms. The van der Waals surface area contributed by atoms with E-state index in [2.05, 4.69) is 25.6 Å². The minimum absolute atomic E-state index is 0.469. The maximum atomic E-state index is 6.12. The Morgan fingerprint density at radius 1 is 1.05 bits per heavy atom. The van der Waals surface area contributed by atoms with Gasteiger partial charge in [0.25, 0.3) is 0 Å². The molecule has 106 valence electrons. The lowest BCUT2D eigenvalue weighted by atomic mass is 10.4. The Hall–Kier alpha value is -1.59. The summed E-state index contributed by atoms with van der Waals surface area (Å²) in [4.78, 5) is 12.8. The summed E-state index contributed by atoms with van der Waals surface area (Å²) in [6, 6.07) is 1.66. The number of nitrogens with zero attached hydrogens (tertiary/aromatic N) is 3. The number of aryl methyl sites for hydroxylation is 1. The molecule has 0 saturated heterocycles. The van der Waals surface area contributed by atoms with Crippen LogP contribution < -0.4 is 10.6 Å². The summed E-state index contributed by atoms with van der Waals surface area (Å²) in [5.41, 5.74) is 1.69. The summed E-state index contributed by atoms with van der Waals surface area (Å²) in [6.45, 7) is 5.09. The summed E-state index contributed by atoms with van der Waals surface area (Å²) in [5.74, 6) is 1.17. The van der Waals surface area contributed by atoms with E-state index in [1.54, 1.807) is 18.5 Å². The fourth-order valence-electron chi connectivity index (χ4n) is 1.57. The molecule has 2 heterocycles. The largest absolute Gasteiger partial charge is 0.369 e. The number of anilines is 2. The fraction of sp³-hybridized carbons (Fsp3) is 0.308. The number of pyridine rings is 1. The van der Waals surface area contributed by atoms with Crippen LogP contribution in [0.4, 0.5) is 11.6 Å². The summed E-state index contributed by atoms with van der Waals surface area (Å²) >= 11 is 12.2. The van der Waals surface area contributed by atoms with Crippen molar-refractivity contribution in [3.05, 3.63) is 39.9 Å². The highest BCUT2D eigenvalue weighted by Crippen LogP contribution is 2.29. The van der Waals surface area contributed by atoms with Crippen molar-refractivity contribution >= 4 is 34.8 Å². The Morgan fingerprint density at radius 3 is 2.35 bits per heavy atom. The van der Waals surface area contributed by atoms with Crippen LogP contribution in [0.3, 0.4) is 0 Å². The van der Waals surface area contributed by atoms with Gasteiger partial charge in [-0.3, -0.25) is 9.97 Å². The Kier molecular flexibility index (Phi) is 4.98. The molecule has 0 atom stereocenters. The molecule has 5 nitrogen and oxygen atoms in total. The van der Waals surface area contributed by atoms with Crippen molar-refractivity contribution in [3.63, 3.8) is 0 Å². The normalized spacial score (nSPS) is 10.4. The molecular weight excluding hydrogens is 297 g/mol. The first-order valence-corrected chi connectivity index (χ1v) is 6.97. The summed E-state index contributed by atoms with van der Waals surface area (Å²) < 4.78 is 0. The first-order valence-electron chi connectivity index (χ1n) is 6.21. The molecule has 0 bridgehead atoms. The zero-order chi connectivity index (χ0) is 14.5. The van der Waals surface area contributed by atoms with Crippen LogP contribution in [0, 0.1) is 6.92 Å². The lowest BCUT2D eigenvalue weighted by Crippen LogP contribution is -2.07. The van der Waals surface area contributed by atoms with Gasteiger partial charge < -0.3 is 10.6 Å². The maximum absolute atomic E-state index is 6.12. The second kappa shape index (κ2) is 6.72. The minimum atomic E-state index is 0.469. The average molecular weight is 312 g/mol. The molecule has 20 heavy (non-hydrogen) atoms. The number of aromatic nitrogens is 3. The van der Waals surface area contributed by atoms with E-state index in [9.17, 15) is 0 Å². The highest BCUT2D eigenvalue weighted by atomic mass is 35.5. The zero-order valence-corrected chi connectivity index (χ0v) is 12.8. The Morgan fingerprint density at radius 2 is 1.75 bits per heavy atom. The van der Waals surface area contributed by atoms with Crippen molar-refractivity contribution in [1.29, 1.82) is 0 Å². The van der Waals surface area contributed by atoms with E-state index in [4.69, 9.17) is 23.2 Å². The van der Waals surface area contributed by atoms with E-state index >= 15 is 0 Å². The van der Waals surface area contributed by atoms with Gasteiger partial charge in [0.1, 0.15) is 11.6 Å². The predicted octanol–water partition coefficient (Wildman–Crippen LogP) is 3.53. The average Bonchev–Trinajstić information content (AvgIpc) is 2.42. The number of halogens is 2. The van der Waals surface area contributed by atoms with Gasteiger partial charge in [-0.25, -0.2) is 4.98 Å². The quantitative estimate of drug-likeness (QED) is 0.884. The zero-order valence-electron chi connectivity index (χ0n) is 11.2. The molecule has 2 rings (SSSR count). The molecule has 0 aromatic carbocycles. The maximum Gasteiger partial charge on any atom is 0.147 e. The molecule has 2 aromatic rings. The molecule has 0 fully saturated rings. The van der Waals surface area contributed by atoms with Gasteiger partial charge in [0.2, 0.25) is 0 Å². The third-order valence-corrected chi connectivity index (χ3v) is 3.12. The standard InChI is InChI=1S/C13H15Cl2N5/c1-3-16-12-10(14)4-11(15)13(20-12)19-7-9-6-17-8(2)5-18-9/h4-6H,3,7H2,1-2H3,(H2,16,19,20). The van der Waals surface area contributed by atoms with Gasteiger partial charge >= 0.3 is 0 Å². The second-order valence-corrected chi connectivity index (χ2v) is 5.00. The van der Waals surface area contributed by atoms with E-state index < -0.39 is 0 Å². The molecule has 0 unspecified atom stereocenters. The van der Waals surface area contributed by atoms with Crippen molar-refractivity contribution in [2.24, 2.45) is 0 Å².